The van der Waals surface area contributed by atoms with Gasteiger partial charge in [0.05, 0.1) is 12.1 Å². The first-order valence-electron chi connectivity index (χ1n) is 6.91. The van der Waals surface area contributed by atoms with E-state index < -0.39 is 5.54 Å². The minimum atomic E-state index is -0.557. The first-order chi connectivity index (χ1) is 9.67. The molecule has 1 atom stereocenters. The predicted molar refractivity (Wildman–Crippen MR) is 79.6 cm³/mol. The van der Waals surface area contributed by atoms with Crippen LogP contribution in [0.25, 0.3) is 0 Å². The van der Waals surface area contributed by atoms with E-state index in [1.54, 1.807) is 0 Å². The maximum atomic E-state index is 11.5. The lowest BCUT2D eigenvalue weighted by atomic mass is 9.89. The number of halogens is 1. The van der Waals surface area contributed by atoms with Crippen molar-refractivity contribution in [3.05, 3.63) is 35.9 Å². The quantitative estimate of drug-likeness (QED) is 0.807. The number of hydrogen-bond acceptors (Lipinski definition) is 3. The van der Waals surface area contributed by atoms with E-state index in [1.165, 1.54) is 5.56 Å². The fourth-order valence-corrected chi connectivity index (χ4v) is 2.87. The Morgan fingerprint density at radius 1 is 1.40 bits per heavy atom. The van der Waals surface area contributed by atoms with Crippen molar-refractivity contribution in [1.29, 1.82) is 0 Å². The van der Waals surface area contributed by atoms with Gasteiger partial charge in [-0.3, -0.25) is 9.69 Å². The fourth-order valence-electron chi connectivity index (χ4n) is 2.80. The number of piperidine rings is 1. The number of carbonyl (C=O) groups is 1. The zero-order chi connectivity index (χ0) is 14.4. The van der Waals surface area contributed by atoms with Gasteiger partial charge >= 0.3 is 0 Å². The number of aliphatic hydroxyl groups is 1. The topological polar surface area (TPSA) is 52.6 Å². The molecule has 1 heterocycles. The van der Waals surface area contributed by atoms with Crippen molar-refractivity contribution in [3.8, 4) is 0 Å². The molecule has 0 spiro atoms. The molecule has 1 amide bonds. The minimum absolute atomic E-state index is 0.0546. The second-order valence-electron chi connectivity index (χ2n) is 5.42. The molecule has 1 aromatic carbocycles. The molecule has 1 aliphatic rings. The van der Waals surface area contributed by atoms with Crippen molar-refractivity contribution < 1.29 is 9.90 Å². The molecule has 0 saturated carbocycles. The molecular weight excluding hydrogens is 276 g/mol. The third-order valence-electron chi connectivity index (χ3n) is 3.73. The Labute approximate surface area is 124 Å². The number of benzene rings is 1. The molecule has 2 N–H and O–H groups in total. The molecule has 0 bridgehead atoms. The van der Waals surface area contributed by atoms with Crippen LogP contribution in [0.4, 0.5) is 0 Å². The van der Waals surface area contributed by atoms with E-state index in [9.17, 15) is 9.90 Å². The van der Waals surface area contributed by atoms with Gasteiger partial charge in [0.15, 0.2) is 0 Å². The van der Waals surface area contributed by atoms with Crippen molar-refractivity contribution in [2.45, 2.75) is 24.9 Å². The molecule has 1 unspecified atom stereocenters. The number of nitrogens with one attached hydrogen (secondary N) is 1. The van der Waals surface area contributed by atoms with Crippen molar-refractivity contribution in [1.82, 2.24) is 10.2 Å². The summed E-state index contributed by atoms with van der Waals surface area (Å²) in [6, 6.07) is 10.2. The van der Waals surface area contributed by atoms with Gasteiger partial charge in [-0.05, 0) is 24.9 Å². The van der Waals surface area contributed by atoms with Gasteiger partial charge in [0.25, 0.3) is 0 Å². The van der Waals surface area contributed by atoms with Crippen LogP contribution >= 0.6 is 11.6 Å². The largest absolute Gasteiger partial charge is 0.394 e. The van der Waals surface area contributed by atoms with Gasteiger partial charge in [-0.15, -0.1) is 11.6 Å². The number of alkyl halides is 1. The van der Waals surface area contributed by atoms with Crippen LogP contribution in [0.15, 0.2) is 30.3 Å². The van der Waals surface area contributed by atoms with Gasteiger partial charge in [0.1, 0.15) is 5.88 Å². The number of hydrogen-bond donors (Lipinski definition) is 2. The average Bonchev–Trinajstić information content (AvgIpc) is 2.48. The van der Waals surface area contributed by atoms with Crippen LogP contribution in [0, 0.1) is 0 Å². The van der Waals surface area contributed by atoms with Crippen LogP contribution in [0.2, 0.25) is 0 Å². The molecule has 2 rings (SSSR count). The van der Waals surface area contributed by atoms with E-state index >= 15 is 0 Å². The summed E-state index contributed by atoms with van der Waals surface area (Å²) < 4.78 is 0. The zero-order valence-corrected chi connectivity index (χ0v) is 12.3. The predicted octanol–water partition coefficient (Wildman–Crippen LogP) is 1.37. The van der Waals surface area contributed by atoms with Gasteiger partial charge in [-0.25, -0.2) is 0 Å². The summed E-state index contributed by atoms with van der Waals surface area (Å²) >= 11 is 5.55. The first-order valence-corrected chi connectivity index (χ1v) is 7.45. The van der Waals surface area contributed by atoms with Gasteiger partial charge in [-0.2, -0.15) is 0 Å². The smallest absolute Gasteiger partial charge is 0.235 e. The number of carbonyl (C=O) groups excluding carboxylic acids is 1. The highest BCUT2D eigenvalue weighted by atomic mass is 35.5. The molecule has 20 heavy (non-hydrogen) atoms. The molecule has 4 nitrogen and oxygen atoms in total. The zero-order valence-electron chi connectivity index (χ0n) is 11.5. The van der Waals surface area contributed by atoms with Crippen LogP contribution in [0.5, 0.6) is 0 Å². The van der Waals surface area contributed by atoms with Crippen LogP contribution < -0.4 is 5.32 Å². The molecule has 1 saturated heterocycles. The van der Waals surface area contributed by atoms with E-state index in [1.807, 2.05) is 18.2 Å². The number of amides is 1. The molecule has 1 aromatic rings. The lowest BCUT2D eigenvalue weighted by Crippen LogP contribution is -2.61. The van der Waals surface area contributed by atoms with E-state index in [4.69, 9.17) is 11.6 Å². The van der Waals surface area contributed by atoms with Crippen molar-refractivity contribution in [2.24, 2.45) is 0 Å². The van der Waals surface area contributed by atoms with Crippen molar-refractivity contribution in [3.63, 3.8) is 0 Å². The molecular formula is C15H21ClN2O2. The summed E-state index contributed by atoms with van der Waals surface area (Å²) in [5, 5.41) is 12.6. The van der Waals surface area contributed by atoms with Crippen molar-refractivity contribution in [2.75, 3.05) is 25.6 Å². The summed E-state index contributed by atoms with van der Waals surface area (Å²) in [6.07, 6.45) is 1.74. The Hall–Kier alpha value is -1.10. The number of nitrogens with zero attached hydrogens (tertiary/aromatic N) is 1. The van der Waals surface area contributed by atoms with Crippen LogP contribution in [-0.4, -0.2) is 47.0 Å². The average molecular weight is 297 g/mol. The van der Waals surface area contributed by atoms with Crippen LogP contribution in [0.3, 0.4) is 0 Å². The molecule has 1 aliphatic heterocycles. The van der Waals surface area contributed by atoms with Gasteiger partial charge in [0.2, 0.25) is 5.91 Å². The molecule has 0 aromatic heterocycles. The highest BCUT2D eigenvalue weighted by Gasteiger charge is 2.36. The lowest BCUT2D eigenvalue weighted by Gasteiger charge is -2.42. The fraction of sp³-hybridized carbons (Fsp3) is 0.533. The maximum Gasteiger partial charge on any atom is 0.235 e. The second-order valence-corrected chi connectivity index (χ2v) is 5.69. The summed E-state index contributed by atoms with van der Waals surface area (Å²) in [6.45, 7) is 2.41. The summed E-state index contributed by atoms with van der Waals surface area (Å²) in [5.41, 5.74) is 0.684. The van der Waals surface area contributed by atoms with E-state index in [-0.39, 0.29) is 18.4 Å². The number of aliphatic hydroxyl groups excluding tert-OH is 1. The monoisotopic (exact) mass is 296 g/mol. The number of likely N-dealkylation sites (tertiary alicyclic amines) is 1. The summed E-state index contributed by atoms with van der Waals surface area (Å²) in [5.74, 6) is -0.289. The van der Waals surface area contributed by atoms with Crippen LogP contribution in [0.1, 0.15) is 18.4 Å². The number of rotatable bonds is 5. The van der Waals surface area contributed by atoms with Gasteiger partial charge < -0.3 is 10.4 Å². The SMILES string of the molecule is O=C(CCl)NC1(CO)CCCN(Cc2ccccc2)C1. The Bertz CT molecular complexity index is 441. The van der Waals surface area contributed by atoms with Gasteiger partial charge in [-0.1, -0.05) is 30.3 Å². The molecule has 0 aliphatic carbocycles. The molecule has 5 heteroatoms. The third kappa shape index (κ3) is 3.95. The van der Waals surface area contributed by atoms with Crippen LogP contribution in [-0.2, 0) is 11.3 Å². The van der Waals surface area contributed by atoms with Gasteiger partial charge in [0, 0.05) is 13.1 Å². The minimum Gasteiger partial charge on any atom is -0.394 e. The first kappa shape index (κ1) is 15.3. The Morgan fingerprint density at radius 2 is 2.15 bits per heavy atom. The Kier molecular flexibility index (Phi) is 5.40. The Balaban J connectivity index is 2.01. The standard InChI is InChI=1S/C15H21ClN2O2/c16-9-14(20)17-15(12-19)7-4-8-18(11-15)10-13-5-2-1-3-6-13/h1-3,5-6,19H,4,7-12H2,(H,17,20). The third-order valence-corrected chi connectivity index (χ3v) is 3.98. The summed E-state index contributed by atoms with van der Waals surface area (Å²) in [4.78, 5) is 13.8. The summed E-state index contributed by atoms with van der Waals surface area (Å²) in [7, 11) is 0. The maximum absolute atomic E-state index is 11.5. The van der Waals surface area contributed by atoms with Crippen molar-refractivity contribution >= 4 is 17.5 Å². The molecule has 0 radical (unpaired) electrons. The van der Waals surface area contributed by atoms with E-state index in [0.29, 0.717) is 6.54 Å². The second kappa shape index (κ2) is 7.07. The molecule has 110 valence electrons. The van der Waals surface area contributed by atoms with E-state index in [0.717, 1.165) is 25.9 Å². The highest BCUT2D eigenvalue weighted by molar-refractivity contribution is 6.27. The highest BCUT2D eigenvalue weighted by Crippen LogP contribution is 2.22. The Morgan fingerprint density at radius 3 is 2.80 bits per heavy atom. The van der Waals surface area contributed by atoms with E-state index in [2.05, 4.69) is 22.3 Å². The lowest BCUT2D eigenvalue weighted by molar-refractivity contribution is -0.122. The normalized spacial score (nSPS) is 23.5. The molecule has 1 fully saturated rings.